The van der Waals surface area contributed by atoms with Crippen molar-refractivity contribution in [2.45, 2.75) is 55.6 Å². The van der Waals surface area contributed by atoms with E-state index in [4.69, 9.17) is 5.26 Å². The van der Waals surface area contributed by atoms with Gasteiger partial charge in [-0.25, -0.2) is 8.42 Å². The number of carbonyl (C=O) groups excluding carboxylic acids is 2. The van der Waals surface area contributed by atoms with Gasteiger partial charge in [0.25, 0.3) is 11.8 Å². The van der Waals surface area contributed by atoms with E-state index in [0.29, 0.717) is 30.4 Å². The molecule has 11 heteroatoms. The Morgan fingerprint density at radius 2 is 1.94 bits per heavy atom. The lowest BCUT2D eigenvalue weighted by molar-refractivity contribution is 0.0724. The summed E-state index contributed by atoms with van der Waals surface area (Å²) in [6.07, 6.45) is 1.27. The molecule has 4 rings (SSSR count). The lowest BCUT2D eigenvalue weighted by Crippen LogP contribution is -2.51. The first-order valence-corrected chi connectivity index (χ1v) is 13.4. The van der Waals surface area contributed by atoms with E-state index in [9.17, 15) is 23.1 Å². The van der Waals surface area contributed by atoms with E-state index in [-0.39, 0.29) is 36.4 Å². The smallest absolute Gasteiger partial charge is 0.272 e. The molecule has 0 saturated heterocycles. The first-order chi connectivity index (χ1) is 16.9. The summed E-state index contributed by atoms with van der Waals surface area (Å²) in [4.78, 5) is 28.0. The topological polar surface area (TPSA) is 145 Å². The van der Waals surface area contributed by atoms with E-state index in [1.807, 2.05) is 6.92 Å². The van der Waals surface area contributed by atoms with Crippen LogP contribution in [0.4, 0.5) is 0 Å². The molecule has 0 unspecified atom stereocenters. The largest absolute Gasteiger partial charge is 0.395 e. The van der Waals surface area contributed by atoms with Crippen molar-refractivity contribution in [1.82, 2.24) is 20.0 Å². The Kier molecular flexibility index (Phi) is 6.47. The van der Waals surface area contributed by atoms with Crippen LogP contribution in [0.5, 0.6) is 0 Å². The molecular formula is C25H31N5O5S. The Morgan fingerprint density at radius 1 is 1.31 bits per heavy atom. The molecule has 1 aliphatic heterocycles. The van der Waals surface area contributed by atoms with Gasteiger partial charge in [-0.15, -0.1) is 0 Å². The van der Waals surface area contributed by atoms with Crippen molar-refractivity contribution in [2.24, 2.45) is 7.05 Å². The van der Waals surface area contributed by atoms with Gasteiger partial charge in [-0.05, 0) is 57.7 Å². The van der Waals surface area contributed by atoms with Crippen LogP contribution in [0.15, 0.2) is 24.3 Å². The number of nitriles is 1. The Morgan fingerprint density at radius 3 is 2.50 bits per heavy atom. The van der Waals surface area contributed by atoms with Crippen LogP contribution < -0.4 is 5.32 Å². The quantitative estimate of drug-likeness (QED) is 0.544. The second-order valence-electron chi connectivity index (χ2n) is 10.3. The van der Waals surface area contributed by atoms with Gasteiger partial charge in [-0.3, -0.25) is 14.3 Å². The summed E-state index contributed by atoms with van der Waals surface area (Å²) >= 11 is 0. The molecule has 1 fully saturated rings. The third kappa shape index (κ3) is 4.18. The van der Waals surface area contributed by atoms with Crippen molar-refractivity contribution in [1.29, 1.82) is 5.26 Å². The fourth-order valence-electron chi connectivity index (χ4n) is 4.77. The molecule has 2 amide bonds. The van der Waals surface area contributed by atoms with Crippen LogP contribution >= 0.6 is 0 Å². The van der Waals surface area contributed by atoms with E-state index in [1.165, 1.54) is 23.4 Å². The Balaban J connectivity index is 1.52. The molecule has 1 atom stereocenters. The zero-order valence-electron chi connectivity index (χ0n) is 20.9. The van der Waals surface area contributed by atoms with Crippen LogP contribution in [0.25, 0.3) is 0 Å². The van der Waals surface area contributed by atoms with Gasteiger partial charge < -0.3 is 15.3 Å². The molecule has 2 aromatic rings. The Labute approximate surface area is 210 Å². The van der Waals surface area contributed by atoms with Crippen molar-refractivity contribution in [3.05, 3.63) is 52.3 Å². The minimum Gasteiger partial charge on any atom is -0.395 e. The van der Waals surface area contributed by atoms with Crippen molar-refractivity contribution >= 4 is 21.7 Å². The summed E-state index contributed by atoms with van der Waals surface area (Å²) in [5, 5.41) is 25.8. The highest BCUT2D eigenvalue weighted by molar-refractivity contribution is 7.94. The molecule has 0 radical (unpaired) electrons. The molecule has 1 aliphatic carbocycles. The molecule has 2 N–H and O–H groups in total. The second-order valence-corrected chi connectivity index (χ2v) is 13.3. The van der Waals surface area contributed by atoms with Gasteiger partial charge in [0, 0.05) is 25.7 Å². The molecule has 1 saturated carbocycles. The molecular weight excluding hydrogens is 482 g/mol. The predicted molar refractivity (Wildman–Crippen MR) is 132 cm³/mol. The summed E-state index contributed by atoms with van der Waals surface area (Å²) in [5.41, 5.74) is 2.37. The average molecular weight is 514 g/mol. The molecule has 0 spiro atoms. The SMILES string of the molecule is C[C@@H](NC(=O)c1nn(C)c2c1CCN(CC1(S(=O)(=O)C(C)(C)CO)CC1)C2=O)c1ccc(C#N)cc1. The number of aromatic nitrogens is 2. The van der Waals surface area contributed by atoms with Gasteiger partial charge in [0.15, 0.2) is 15.5 Å². The zero-order chi connectivity index (χ0) is 26.5. The molecule has 1 aromatic carbocycles. The molecule has 36 heavy (non-hydrogen) atoms. The van der Waals surface area contributed by atoms with E-state index in [1.54, 1.807) is 31.3 Å². The number of amides is 2. The number of hydrogen-bond acceptors (Lipinski definition) is 7. The monoisotopic (exact) mass is 513 g/mol. The van der Waals surface area contributed by atoms with Crippen molar-refractivity contribution in [2.75, 3.05) is 19.7 Å². The number of benzene rings is 1. The maximum Gasteiger partial charge on any atom is 0.272 e. The molecule has 2 heterocycles. The van der Waals surface area contributed by atoms with Crippen LogP contribution in [0.1, 0.15) is 77.3 Å². The summed E-state index contributed by atoms with van der Waals surface area (Å²) < 4.78 is 25.5. The number of hydrogen-bond donors (Lipinski definition) is 2. The number of aliphatic hydroxyl groups is 1. The normalized spacial score (nSPS) is 17.8. The van der Waals surface area contributed by atoms with Crippen molar-refractivity contribution in [3.8, 4) is 6.07 Å². The van der Waals surface area contributed by atoms with Crippen LogP contribution in [0, 0.1) is 11.3 Å². The predicted octanol–water partition coefficient (Wildman–Crippen LogP) is 1.50. The highest BCUT2D eigenvalue weighted by atomic mass is 32.2. The van der Waals surface area contributed by atoms with Gasteiger partial charge in [0.05, 0.1) is 33.8 Å². The molecule has 192 valence electrons. The van der Waals surface area contributed by atoms with E-state index >= 15 is 0 Å². The molecule has 2 aliphatic rings. The number of nitrogens with zero attached hydrogens (tertiary/aromatic N) is 4. The highest BCUT2D eigenvalue weighted by Gasteiger charge is 2.60. The lowest BCUT2D eigenvalue weighted by Gasteiger charge is -2.34. The van der Waals surface area contributed by atoms with Gasteiger partial charge in [-0.2, -0.15) is 10.4 Å². The molecule has 10 nitrogen and oxygen atoms in total. The van der Waals surface area contributed by atoms with Crippen molar-refractivity contribution in [3.63, 3.8) is 0 Å². The van der Waals surface area contributed by atoms with E-state index in [0.717, 1.165) is 5.56 Å². The number of nitrogens with one attached hydrogen (secondary N) is 1. The molecule has 1 aromatic heterocycles. The van der Waals surface area contributed by atoms with Crippen LogP contribution in [0.3, 0.4) is 0 Å². The summed E-state index contributed by atoms with van der Waals surface area (Å²) in [7, 11) is -2.09. The first kappa shape index (κ1) is 25.9. The Bertz CT molecular complexity index is 1350. The van der Waals surface area contributed by atoms with Crippen LogP contribution in [0.2, 0.25) is 0 Å². The van der Waals surface area contributed by atoms with E-state index < -0.39 is 31.8 Å². The third-order valence-electron chi connectivity index (χ3n) is 7.33. The molecule has 0 bridgehead atoms. The maximum absolute atomic E-state index is 13.4. The number of aliphatic hydroxyl groups excluding tert-OH is 1. The van der Waals surface area contributed by atoms with Crippen molar-refractivity contribution < 1.29 is 23.1 Å². The fraction of sp³-hybridized carbons (Fsp3) is 0.520. The van der Waals surface area contributed by atoms with Crippen LogP contribution in [-0.4, -0.2) is 69.2 Å². The highest BCUT2D eigenvalue weighted by Crippen LogP contribution is 2.49. The third-order valence-corrected chi connectivity index (χ3v) is 10.6. The standard InChI is InChI=1S/C25H31N5O5S/c1-16(18-7-5-17(13-26)6-8-18)27-22(32)20-19-9-12-30(23(33)21(19)29(4)28-20)14-25(10-11-25)36(34,35)24(2,3)15-31/h5-8,16,31H,9-12,14-15H2,1-4H3,(H,27,32)/t16-/m1/s1. The van der Waals surface area contributed by atoms with Gasteiger partial charge in [-0.1, -0.05) is 12.1 Å². The van der Waals surface area contributed by atoms with Gasteiger partial charge in [0.2, 0.25) is 0 Å². The maximum atomic E-state index is 13.4. The number of rotatable bonds is 8. The van der Waals surface area contributed by atoms with Crippen LogP contribution in [-0.2, 0) is 23.3 Å². The number of sulfone groups is 1. The fourth-order valence-corrected chi connectivity index (χ4v) is 7.08. The van der Waals surface area contributed by atoms with Gasteiger partial charge in [0.1, 0.15) is 5.69 Å². The average Bonchev–Trinajstić information content (AvgIpc) is 3.57. The second kappa shape index (κ2) is 9.01. The first-order valence-electron chi connectivity index (χ1n) is 11.9. The van der Waals surface area contributed by atoms with E-state index in [2.05, 4.69) is 16.5 Å². The summed E-state index contributed by atoms with van der Waals surface area (Å²) in [6.45, 7) is 4.67. The summed E-state index contributed by atoms with van der Waals surface area (Å²) in [5.74, 6) is -0.760. The number of aryl methyl sites for hydroxylation is 1. The minimum atomic E-state index is -3.69. The summed E-state index contributed by atoms with van der Waals surface area (Å²) in [6, 6.07) is 8.64. The number of carbonyl (C=O) groups is 2. The lowest BCUT2D eigenvalue weighted by atomic mass is 10.0. The van der Waals surface area contributed by atoms with Gasteiger partial charge >= 0.3 is 0 Å². The Hall–Kier alpha value is -3.23. The number of fused-ring (bicyclic) bond motifs is 1. The minimum absolute atomic E-state index is 0.0550. The zero-order valence-corrected chi connectivity index (χ0v) is 21.7.